The summed E-state index contributed by atoms with van der Waals surface area (Å²) in [6, 6.07) is 9.16. The number of nitrogens with zero attached hydrogens (tertiary/aromatic N) is 1. The summed E-state index contributed by atoms with van der Waals surface area (Å²) in [4.78, 5) is 26.8. The number of carbonyl (C=O) groups excluding carboxylic acids is 2. The molecule has 7 heteroatoms. The Hall–Kier alpha value is -3.19. The molecule has 0 bridgehead atoms. The number of aromatic hydroxyl groups is 1. The summed E-state index contributed by atoms with van der Waals surface area (Å²) in [6.07, 6.45) is 4.84. The van der Waals surface area contributed by atoms with E-state index < -0.39 is 17.7 Å². The molecule has 4 rings (SSSR count). The minimum atomic E-state index is -0.588. The van der Waals surface area contributed by atoms with Crippen molar-refractivity contribution < 1.29 is 28.6 Å². The van der Waals surface area contributed by atoms with Crippen LogP contribution in [0.25, 0.3) is 6.08 Å². The quantitative estimate of drug-likeness (QED) is 0.563. The summed E-state index contributed by atoms with van der Waals surface area (Å²) < 4.78 is 25.0. The molecular weight excluding hydrogens is 401 g/mol. The average Bonchev–Trinajstić information content (AvgIpc) is 2.72. The molecule has 31 heavy (non-hydrogen) atoms. The lowest BCUT2D eigenvalue weighted by Crippen LogP contribution is -2.37. The Kier molecular flexibility index (Phi) is 6.32. The summed E-state index contributed by atoms with van der Waals surface area (Å²) >= 11 is 0. The molecule has 2 aromatic carbocycles. The standard InChI is InChI=1S/C24H24FNO5/c25-19-13-17(18-14-30-15-18)8-7-16(19)9-10-21(28)23-20(27)5-4-6-22(23)31-24(29)26-11-2-1-3-12-26/h4-10,13,18,27H,1-3,11-12,14-15H2/b10-9+. The van der Waals surface area contributed by atoms with Gasteiger partial charge in [-0.2, -0.15) is 0 Å². The third-order valence-electron chi connectivity index (χ3n) is 5.61. The average molecular weight is 425 g/mol. The van der Waals surface area contributed by atoms with Gasteiger partial charge in [-0.25, -0.2) is 9.18 Å². The Morgan fingerprint density at radius 1 is 1.13 bits per heavy atom. The van der Waals surface area contributed by atoms with Gasteiger partial charge < -0.3 is 19.5 Å². The van der Waals surface area contributed by atoms with Crippen LogP contribution in [0.5, 0.6) is 11.5 Å². The number of carbonyl (C=O) groups is 2. The third kappa shape index (κ3) is 4.77. The molecule has 0 atom stereocenters. The van der Waals surface area contributed by atoms with E-state index in [-0.39, 0.29) is 28.5 Å². The Balaban J connectivity index is 1.51. The number of phenols is 1. The second-order valence-corrected chi connectivity index (χ2v) is 7.78. The van der Waals surface area contributed by atoms with E-state index in [1.807, 2.05) is 6.07 Å². The number of allylic oxidation sites excluding steroid dienone is 1. The zero-order valence-electron chi connectivity index (χ0n) is 17.1. The molecule has 2 aromatic rings. The van der Waals surface area contributed by atoms with E-state index in [1.165, 1.54) is 30.3 Å². The number of phenolic OH excluding ortho intramolecular Hbond substituents is 1. The first kappa shape index (κ1) is 21.1. The second-order valence-electron chi connectivity index (χ2n) is 7.78. The second kappa shape index (κ2) is 9.31. The van der Waals surface area contributed by atoms with Crippen molar-refractivity contribution in [3.05, 3.63) is 65.0 Å². The minimum Gasteiger partial charge on any atom is -0.507 e. The molecule has 162 valence electrons. The van der Waals surface area contributed by atoms with Gasteiger partial charge in [0.1, 0.15) is 22.9 Å². The van der Waals surface area contributed by atoms with Crippen molar-refractivity contribution in [3.8, 4) is 11.5 Å². The molecular formula is C24H24FNO5. The number of ether oxygens (including phenoxy) is 2. The Morgan fingerprint density at radius 3 is 2.58 bits per heavy atom. The molecule has 0 radical (unpaired) electrons. The highest BCUT2D eigenvalue weighted by molar-refractivity contribution is 6.10. The molecule has 2 aliphatic rings. The van der Waals surface area contributed by atoms with Crippen LogP contribution in [0.2, 0.25) is 0 Å². The summed E-state index contributed by atoms with van der Waals surface area (Å²) in [5.41, 5.74) is 0.979. The van der Waals surface area contributed by atoms with Gasteiger partial charge in [-0.3, -0.25) is 4.79 Å². The highest BCUT2D eigenvalue weighted by Crippen LogP contribution is 2.30. The third-order valence-corrected chi connectivity index (χ3v) is 5.61. The molecule has 2 saturated heterocycles. The highest BCUT2D eigenvalue weighted by Gasteiger charge is 2.23. The maximum Gasteiger partial charge on any atom is 0.415 e. The minimum absolute atomic E-state index is 0.0222. The number of likely N-dealkylation sites (tertiary alicyclic amines) is 1. The van der Waals surface area contributed by atoms with Gasteiger partial charge in [-0.05, 0) is 55.2 Å². The van der Waals surface area contributed by atoms with E-state index in [4.69, 9.17) is 9.47 Å². The number of hydrogen-bond donors (Lipinski definition) is 1. The number of ketones is 1. The molecule has 0 aromatic heterocycles. The molecule has 2 aliphatic heterocycles. The van der Waals surface area contributed by atoms with Gasteiger partial charge in [-0.1, -0.05) is 18.2 Å². The van der Waals surface area contributed by atoms with E-state index >= 15 is 0 Å². The summed E-state index contributed by atoms with van der Waals surface area (Å²) in [5, 5.41) is 10.2. The molecule has 1 N–H and O–H groups in total. The SMILES string of the molecule is O=C(/C=C/c1ccc(C2COC2)cc1F)c1c(O)cccc1OC(=O)N1CCCCC1. The first-order chi connectivity index (χ1) is 15.0. The van der Waals surface area contributed by atoms with Gasteiger partial charge in [0.25, 0.3) is 0 Å². The number of hydrogen-bond acceptors (Lipinski definition) is 5. The predicted molar refractivity (Wildman–Crippen MR) is 113 cm³/mol. The smallest absolute Gasteiger partial charge is 0.415 e. The lowest BCUT2D eigenvalue weighted by molar-refractivity contribution is 0.00832. The van der Waals surface area contributed by atoms with Gasteiger partial charge in [0.05, 0.1) is 13.2 Å². The Morgan fingerprint density at radius 2 is 1.90 bits per heavy atom. The maximum atomic E-state index is 14.4. The number of benzene rings is 2. The lowest BCUT2D eigenvalue weighted by Gasteiger charge is -2.26. The van der Waals surface area contributed by atoms with Crippen LogP contribution in [-0.2, 0) is 4.74 Å². The fourth-order valence-corrected chi connectivity index (χ4v) is 3.70. The highest BCUT2D eigenvalue weighted by atomic mass is 19.1. The number of halogens is 1. The van der Waals surface area contributed by atoms with Crippen molar-refractivity contribution >= 4 is 18.0 Å². The van der Waals surface area contributed by atoms with Crippen LogP contribution in [0, 0.1) is 5.82 Å². The van der Waals surface area contributed by atoms with Crippen molar-refractivity contribution in [2.24, 2.45) is 0 Å². The number of amides is 1. The van der Waals surface area contributed by atoms with E-state index in [9.17, 15) is 19.1 Å². The van der Waals surface area contributed by atoms with Crippen LogP contribution in [-0.4, -0.2) is 48.2 Å². The van der Waals surface area contributed by atoms with Crippen molar-refractivity contribution in [3.63, 3.8) is 0 Å². The van der Waals surface area contributed by atoms with Crippen molar-refractivity contribution in [1.82, 2.24) is 4.90 Å². The predicted octanol–water partition coefficient (Wildman–Crippen LogP) is 4.53. The van der Waals surface area contributed by atoms with E-state index in [1.54, 1.807) is 11.0 Å². The zero-order chi connectivity index (χ0) is 21.8. The van der Waals surface area contributed by atoms with Gasteiger partial charge in [0.15, 0.2) is 5.78 Å². The first-order valence-corrected chi connectivity index (χ1v) is 10.4. The van der Waals surface area contributed by atoms with E-state index in [0.717, 1.165) is 30.9 Å². The molecule has 0 saturated carbocycles. The molecule has 0 aliphatic carbocycles. The van der Waals surface area contributed by atoms with Gasteiger partial charge in [0.2, 0.25) is 0 Å². The van der Waals surface area contributed by atoms with Crippen molar-refractivity contribution in [2.45, 2.75) is 25.2 Å². The van der Waals surface area contributed by atoms with Crippen LogP contribution < -0.4 is 4.74 Å². The molecule has 2 fully saturated rings. The van der Waals surface area contributed by atoms with Crippen LogP contribution in [0.4, 0.5) is 9.18 Å². The normalized spacial score (nSPS) is 16.9. The van der Waals surface area contributed by atoms with Gasteiger partial charge in [-0.15, -0.1) is 0 Å². The van der Waals surface area contributed by atoms with Crippen LogP contribution in [0.1, 0.15) is 46.7 Å². The summed E-state index contributed by atoms with van der Waals surface area (Å²) in [5.74, 6) is -1.16. The fraction of sp³-hybridized carbons (Fsp3) is 0.333. The topological polar surface area (TPSA) is 76.1 Å². The lowest BCUT2D eigenvalue weighted by atomic mass is 9.96. The van der Waals surface area contributed by atoms with Crippen molar-refractivity contribution in [1.29, 1.82) is 0 Å². The summed E-state index contributed by atoms with van der Waals surface area (Å²) in [6.45, 7) is 2.37. The van der Waals surface area contributed by atoms with Gasteiger partial charge in [0, 0.05) is 24.6 Å². The molecule has 0 unspecified atom stereocenters. The Bertz CT molecular complexity index is 1010. The Labute approximate surface area is 179 Å². The number of piperidine rings is 1. The van der Waals surface area contributed by atoms with Crippen LogP contribution in [0.3, 0.4) is 0 Å². The fourth-order valence-electron chi connectivity index (χ4n) is 3.70. The zero-order valence-corrected chi connectivity index (χ0v) is 17.1. The largest absolute Gasteiger partial charge is 0.507 e. The van der Waals surface area contributed by atoms with Gasteiger partial charge >= 0.3 is 6.09 Å². The first-order valence-electron chi connectivity index (χ1n) is 10.4. The molecule has 6 nitrogen and oxygen atoms in total. The van der Waals surface area contributed by atoms with E-state index in [0.29, 0.717) is 26.3 Å². The molecule has 2 heterocycles. The molecule has 1 amide bonds. The van der Waals surface area contributed by atoms with Crippen molar-refractivity contribution in [2.75, 3.05) is 26.3 Å². The maximum absolute atomic E-state index is 14.4. The van der Waals surface area contributed by atoms with E-state index in [2.05, 4.69) is 0 Å². The summed E-state index contributed by atoms with van der Waals surface area (Å²) in [7, 11) is 0. The van der Waals surface area contributed by atoms with Crippen LogP contribution in [0.15, 0.2) is 42.5 Å². The number of rotatable bonds is 5. The molecule has 0 spiro atoms. The van der Waals surface area contributed by atoms with Crippen LogP contribution >= 0.6 is 0 Å². The monoisotopic (exact) mass is 425 g/mol.